The maximum Gasteiger partial charge on any atom is 0.471 e. The van der Waals surface area contributed by atoms with Crippen molar-refractivity contribution in [1.29, 1.82) is 0 Å². The van der Waals surface area contributed by atoms with E-state index in [1.165, 1.54) is 12.1 Å². The molecule has 128 valence electrons. The first kappa shape index (κ1) is 17.8. The van der Waals surface area contributed by atoms with E-state index in [1.807, 2.05) is 13.0 Å². The summed E-state index contributed by atoms with van der Waals surface area (Å²) in [7, 11) is 0. The normalized spacial score (nSPS) is 11.3. The Bertz CT molecular complexity index is 696. The fourth-order valence-electron chi connectivity index (χ4n) is 2.39. The molecule has 0 aliphatic carbocycles. The van der Waals surface area contributed by atoms with E-state index < -0.39 is 12.1 Å². The molecule has 0 heterocycles. The predicted molar refractivity (Wildman–Crippen MR) is 84.5 cm³/mol. The molecule has 6 heteroatoms. The van der Waals surface area contributed by atoms with E-state index in [9.17, 15) is 23.1 Å². The third kappa shape index (κ3) is 5.01. The molecule has 0 fully saturated rings. The quantitative estimate of drug-likeness (QED) is 0.901. The van der Waals surface area contributed by atoms with Gasteiger partial charge in [0.05, 0.1) is 0 Å². The number of alkyl halides is 3. The Kier molecular flexibility index (Phi) is 5.49. The Morgan fingerprint density at radius 1 is 1.08 bits per heavy atom. The lowest BCUT2D eigenvalue weighted by atomic mass is 10.1. The second-order valence-electron chi connectivity index (χ2n) is 5.63. The number of phenols is 1. The van der Waals surface area contributed by atoms with Gasteiger partial charge in [0.25, 0.3) is 0 Å². The van der Waals surface area contributed by atoms with Crippen LogP contribution in [-0.2, 0) is 17.8 Å². The van der Waals surface area contributed by atoms with Crippen LogP contribution in [0.15, 0.2) is 48.5 Å². The number of carbonyl (C=O) groups excluding carboxylic acids is 1. The number of amides is 1. The summed E-state index contributed by atoms with van der Waals surface area (Å²) in [4.78, 5) is 12.5. The molecule has 2 aromatic carbocycles. The molecule has 2 aromatic rings. The second kappa shape index (κ2) is 7.38. The van der Waals surface area contributed by atoms with Crippen LogP contribution in [0, 0.1) is 6.92 Å². The Morgan fingerprint density at radius 3 is 2.33 bits per heavy atom. The van der Waals surface area contributed by atoms with Crippen molar-refractivity contribution in [2.45, 2.75) is 26.1 Å². The monoisotopic (exact) mass is 337 g/mol. The zero-order valence-electron chi connectivity index (χ0n) is 13.2. The van der Waals surface area contributed by atoms with Crippen LogP contribution in [0.3, 0.4) is 0 Å². The van der Waals surface area contributed by atoms with Crippen molar-refractivity contribution >= 4 is 5.91 Å². The molecule has 0 aliphatic rings. The fourth-order valence-corrected chi connectivity index (χ4v) is 2.39. The van der Waals surface area contributed by atoms with E-state index in [2.05, 4.69) is 0 Å². The number of aryl methyl sites for hydroxylation is 1. The van der Waals surface area contributed by atoms with Gasteiger partial charge in [-0.15, -0.1) is 0 Å². The summed E-state index contributed by atoms with van der Waals surface area (Å²) in [5, 5.41) is 9.24. The zero-order chi connectivity index (χ0) is 17.7. The average Bonchev–Trinajstić information content (AvgIpc) is 2.51. The molecule has 0 atom stereocenters. The van der Waals surface area contributed by atoms with Crippen LogP contribution in [-0.4, -0.2) is 28.6 Å². The number of aromatic hydroxyl groups is 1. The fraction of sp³-hybridized carbons (Fsp3) is 0.278. The Hall–Kier alpha value is -2.50. The molecule has 3 nitrogen and oxygen atoms in total. The van der Waals surface area contributed by atoms with Crippen LogP contribution < -0.4 is 0 Å². The Morgan fingerprint density at radius 2 is 1.75 bits per heavy atom. The van der Waals surface area contributed by atoms with Crippen molar-refractivity contribution in [3.63, 3.8) is 0 Å². The highest BCUT2D eigenvalue weighted by atomic mass is 19.4. The number of rotatable bonds is 5. The average molecular weight is 337 g/mol. The molecule has 1 amide bonds. The maximum atomic E-state index is 12.8. The van der Waals surface area contributed by atoms with Gasteiger partial charge in [0, 0.05) is 13.1 Å². The number of nitrogens with zero attached hydrogens (tertiary/aromatic N) is 1. The lowest BCUT2D eigenvalue weighted by Crippen LogP contribution is -2.41. The van der Waals surface area contributed by atoms with Gasteiger partial charge in [-0.3, -0.25) is 4.79 Å². The van der Waals surface area contributed by atoms with Gasteiger partial charge in [-0.25, -0.2) is 0 Å². The smallest absolute Gasteiger partial charge is 0.471 e. The summed E-state index contributed by atoms with van der Waals surface area (Å²) < 4.78 is 38.5. The number of hydrogen-bond donors (Lipinski definition) is 1. The van der Waals surface area contributed by atoms with Gasteiger partial charge in [0.2, 0.25) is 0 Å². The second-order valence-corrected chi connectivity index (χ2v) is 5.63. The third-order valence-electron chi connectivity index (χ3n) is 3.59. The molecular weight excluding hydrogens is 319 g/mol. The third-order valence-corrected chi connectivity index (χ3v) is 3.59. The number of halogens is 3. The van der Waals surface area contributed by atoms with Gasteiger partial charge in [0.15, 0.2) is 0 Å². The minimum Gasteiger partial charge on any atom is -0.508 e. The summed E-state index contributed by atoms with van der Waals surface area (Å²) in [5.41, 5.74) is 2.32. The minimum atomic E-state index is -4.90. The number of phenolic OH excluding ortho intramolecular Hbond substituents is 1. The van der Waals surface area contributed by atoms with Gasteiger partial charge < -0.3 is 10.0 Å². The van der Waals surface area contributed by atoms with Gasteiger partial charge in [-0.05, 0) is 36.6 Å². The lowest BCUT2D eigenvalue weighted by Gasteiger charge is -2.24. The number of hydrogen-bond acceptors (Lipinski definition) is 2. The molecule has 0 radical (unpaired) electrons. The van der Waals surface area contributed by atoms with Crippen molar-refractivity contribution in [3.8, 4) is 5.75 Å². The van der Waals surface area contributed by atoms with Crippen molar-refractivity contribution in [2.75, 3.05) is 6.54 Å². The van der Waals surface area contributed by atoms with Crippen LogP contribution in [0.1, 0.15) is 16.7 Å². The van der Waals surface area contributed by atoms with Gasteiger partial charge in [-0.2, -0.15) is 13.2 Å². The first-order valence-electron chi connectivity index (χ1n) is 7.45. The van der Waals surface area contributed by atoms with E-state index >= 15 is 0 Å². The molecule has 1 N–H and O–H groups in total. The summed E-state index contributed by atoms with van der Waals surface area (Å²) in [6, 6.07) is 13.2. The van der Waals surface area contributed by atoms with Gasteiger partial charge >= 0.3 is 12.1 Å². The molecule has 0 aromatic heterocycles. The van der Waals surface area contributed by atoms with Crippen LogP contribution in [0.2, 0.25) is 0 Å². The highest BCUT2D eigenvalue weighted by Gasteiger charge is 2.42. The lowest BCUT2D eigenvalue weighted by molar-refractivity contribution is -0.186. The maximum absolute atomic E-state index is 12.8. The number of carbonyl (C=O) groups is 1. The van der Waals surface area contributed by atoms with Crippen LogP contribution in [0.25, 0.3) is 0 Å². The summed E-state index contributed by atoms with van der Waals surface area (Å²) in [5.74, 6) is -1.76. The minimum absolute atomic E-state index is 0.0585. The molecule has 0 saturated carbocycles. The SMILES string of the molecule is Cc1cccc(CN(CCc2ccc(O)cc2)C(=O)C(F)(F)F)c1. The molecule has 0 bridgehead atoms. The zero-order valence-corrected chi connectivity index (χ0v) is 13.2. The standard InChI is InChI=1S/C18H18F3NO2/c1-13-3-2-4-15(11-13)12-22(17(24)18(19,20)21)10-9-14-5-7-16(23)8-6-14/h2-8,11,23H,9-10,12H2,1H3. The van der Waals surface area contributed by atoms with E-state index in [1.54, 1.807) is 30.3 Å². The van der Waals surface area contributed by atoms with E-state index in [0.29, 0.717) is 5.56 Å². The molecule has 0 spiro atoms. The highest BCUT2D eigenvalue weighted by Crippen LogP contribution is 2.21. The topological polar surface area (TPSA) is 40.5 Å². The van der Waals surface area contributed by atoms with E-state index in [0.717, 1.165) is 16.0 Å². The highest BCUT2D eigenvalue weighted by molar-refractivity contribution is 5.81. The first-order chi connectivity index (χ1) is 11.3. The van der Waals surface area contributed by atoms with Crippen LogP contribution in [0.4, 0.5) is 13.2 Å². The molecule has 24 heavy (non-hydrogen) atoms. The molecular formula is C18H18F3NO2. The predicted octanol–water partition coefficient (Wildman–Crippen LogP) is 3.83. The summed E-state index contributed by atoms with van der Waals surface area (Å²) >= 11 is 0. The summed E-state index contributed by atoms with van der Waals surface area (Å²) in [6.45, 7) is 1.69. The Balaban J connectivity index is 2.13. The van der Waals surface area contributed by atoms with Gasteiger partial charge in [0.1, 0.15) is 5.75 Å². The first-order valence-corrected chi connectivity index (χ1v) is 7.45. The molecule has 0 unspecified atom stereocenters. The van der Waals surface area contributed by atoms with Crippen molar-refractivity contribution in [3.05, 3.63) is 65.2 Å². The molecule has 0 aliphatic heterocycles. The van der Waals surface area contributed by atoms with Crippen molar-refractivity contribution < 1.29 is 23.1 Å². The molecule has 2 rings (SSSR count). The van der Waals surface area contributed by atoms with Crippen LogP contribution >= 0.6 is 0 Å². The Labute approximate surface area is 138 Å². The van der Waals surface area contributed by atoms with Crippen LogP contribution in [0.5, 0.6) is 5.75 Å². The van der Waals surface area contributed by atoms with E-state index in [-0.39, 0.29) is 25.3 Å². The number of benzene rings is 2. The largest absolute Gasteiger partial charge is 0.508 e. The van der Waals surface area contributed by atoms with Gasteiger partial charge in [-0.1, -0.05) is 42.0 Å². The van der Waals surface area contributed by atoms with Crippen molar-refractivity contribution in [2.24, 2.45) is 0 Å². The van der Waals surface area contributed by atoms with E-state index in [4.69, 9.17) is 0 Å². The molecule has 0 saturated heterocycles. The summed E-state index contributed by atoms with van der Waals surface area (Å²) in [6.07, 6.45) is -4.63. The van der Waals surface area contributed by atoms with Crippen molar-refractivity contribution in [1.82, 2.24) is 4.90 Å².